The highest BCUT2D eigenvalue weighted by Gasteiger charge is 2.37. The lowest BCUT2D eigenvalue weighted by Crippen LogP contribution is -2.44. The van der Waals surface area contributed by atoms with Crippen LogP contribution in [-0.2, 0) is 6.54 Å². The van der Waals surface area contributed by atoms with Crippen molar-refractivity contribution in [3.05, 3.63) is 73.4 Å². The molecule has 0 fully saturated rings. The van der Waals surface area contributed by atoms with Crippen LogP contribution in [0.25, 0.3) is 0 Å². The summed E-state index contributed by atoms with van der Waals surface area (Å²) in [6, 6.07) is 6.64. The van der Waals surface area contributed by atoms with Gasteiger partial charge in [-0.15, -0.1) is 0 Å². The molecule has 0 aliphatic carbocycles. The molecule has 2 aromatic heterocycles. The van der Waals surface area contributed by atoms with Gasteiger partial charge in [0.1, 0.15) is 23.9 Å². The third-order valence-electron chi connectivity index (χ3n) is 5.00. The average Bonchev–Trinajstić information content (AvgIpc) is 2.89. The van der Waals surface area contributed by atoms with Crippen molar-refractivity contribution >= 4 is 0 Å². The van der Waals surface area contributed by atoms with Crippen LogP contribution in [0.2, 0.25) is 0 Å². The Morgan fingerprint density at radius 1 is 1.21 bits per heavy atom. The first kappa shape index (κ1) is 20.2. The Balaban J connectivity index is 2.38. The van der Waals surface area contributed by atoms with Gasteiger partial charge in [-0.25, -0.2) is 9.36 Å². The summed E-state index contributed by atoms with van der Waals surface area (Å²) in [6.45, 7) is 3.34. The molecule has 0 aliphatic rings. The smallest absolute Gasteiger partial charge is 0.325 e. The zero-order valence-electron chi connectivity index (χ0n) is 16.2. The maximum atomic E-state index is 12.6. The second-order valence-corrected chi connectivity index (χ2v) is 6.57. The van der Waals surface area contributed by atoms with E-state index in [9.17, 15) is 25.0 Å². The molecule has 29 heavy (non-hydrogen) atoms. The number of hydrogen-bond acceptors (Lipinski definition) is 6. The van der Waals surface area contributed by atoms with Crippen molar-refractivity contribution in [2.45, 2.75) is 26.3 Å². The van der Waals surface area contributed by atoms with Gasteiger partial charge < -0.3 is 25.1 Å². The molecule has 0 aliphatic heterocycles. The number of nitrogens with one attached hydrogen (secondary N) is 2. The van der Waals surface area contributed by atoms with E-state index in [1.807, 2.05) is 0 Å². The molecule has 3 rings (SSSR count). The lowest BCUT2D eigenvalue weighted by atomic mass is 9.91. The van der Waals surface area contributed by atoms with Gasteiger partial charge in [0, 0.05) is 19.4 Å². The number of imidazole rings is 1. The van der Waals surface area contributed by atoms with Crippen molar-refractivity contribution in [2.24, 2.45) is 0 Å². The number of ether oxygens (including phenoxy) is 1. The Labute approximate surface area is 165 Å². The molecule has 154 valence electrons. The number of hydrogen-bond donors (Lipinski definition) is 4. The molecule has 0 amide bonds. The number of aliphatic hydroxyl groups excluding tert-OH is 1. The van der Waals surface area contributed by atoms with Crippen molar-refractivity contribution in [1.82, 2.24) is 14.7 Å². The summed E-state index contributed by atoms with van der Waals surface area (Å²) in [7, 11) is 1.51. The van der Waals surface area contributed by atoms with Crippen LogP contribution < -0.4 is 25.7 Å². The van der Waals surface area contributed by atoms with Crippen LogP contribution in [0.3, 0.4) is 0 Å². The number of aromatic amines is 2. The molecular formula is C19H22N4O6. The molecule has 1 unspecified atom stereocenters. The number of aliphatic hydroxyl groups is 1. The summed E-state index contributed by atoms with van der Waals surface area (Å²) in [5.74, 6) is -1.10. The zero-order valence-corrected chi connectivity index (χ0v) is 16.2. The summed E-state index contributed by atoms with van der Waals surface area (Å²) in [5.41, 5.74) is -0.364. The molecule has 0 saturated carbocycles. The van der Waals surface area contributed by atoms with Gasteiger partial charge in [-0.3, -0.25) is 9.78 Å². The third kappa shape index (κ3) is 3.49. The zero-order chi connectivity index (χ0) is 21.3. The first-order chi connectivity index (χ1) is 13.8. The van der Waals surface area contributed by atoms with Crippen LogP contribution in [0.1, 0.15) is 34.3 Å². The largest absolute Gasteiger partial charge is 0.860 e. The van der Waals surface area contributed by atoms with Gasteiger partial charge in [0.05, 0.1) is 13.7 Å². The van der Waals surface area contributed by atoms with Crippen LogP contribution in [0.5, 0.6) is 11.6 Å². The third-order valence-corrected chi connectivity index (χ3v) is 5.00. The molecule has 2 heterocycles. The fourth-order valence-corrected chi connectivity index (χ4v) is 3.45. The fraction of sp³-hybridized carbons (Fsp3) is 0.316. The van der Waals surface area contributed by atoms with Crippen molar-refractivity contribution in [3.8, 4) is 11.6 Å². The lowest BCUT2D eigenvalue weighted by Gasteiger charge is -2.20. The van der Waals surface area contributed by atoms with E-state index in [-0.39, 0.29) is 24.5 Å². The minimum Gasteiger partial charge on any atom is -0.860 e. The van der Waals surface area contributed by atoms with Crippen molar-refractivity contribution in [2.75, 3.05) is 13.7 Å². The van der Waals surface area contributed by atoms with Crippen LogP contribution in [0.15, 0.2) is 33.9 Å². The molecule has 0 saturated heterocycles. The van der Waals surface area contributed by atoms with Crippen molar-refractivity contribution in [1.29, 1.82) is 0 Å². The Kier molecular flexibility index (Phi) is 5.46. The van der Waals surface area contributed by atoms with E-state index < -0.39 is 23.0 Å². The van der Waals surface area contributed by atoms with E-state index in [4.69, 9.17) is 4.74 Å². The minimum absolute atomic E-state index is 0.137. The molecule has 0 radical (unpaired) electrons. The average molecular weight is 402 g/mol. The van der Waals surface area contributed by atoms with Gasteiger partial charge in [0.15, 0.2) is 5.69 Å². The maximum absolute atomic E-state index is 12.6. The maximum Gasteiger partial charge on any atom is 0.325 e. The van der Waals surface area contributed by atoms with E-state index in [1.54, 1.807) is 42.7 Å². The monoisotopic (exact) mass is 402 g/mol. The van der Waals surface area contributed by atoms with Crippen molar-refractivity contribution < 1.29 is 24.7 Å². The van der Waals surface area contributed by atoms with E-state index in [0.717, 1.165) is 4.73 Å². The summed E-state index contributed by atoms with van der Waals surface area (Å²) in [4.78, 5) is 28.3. The number of nitrogens with zero attached hydrogens (tertiary/aromatic N) is 2. The number of benzene rings is 1. The summed E-state index contributed by atoms with van der Waals surface area (Å²) in [6.07, 6.45) is 0. The van der Waals surface area contributed by atoms with Gasteiger partial charge in [-0.1, -0.05) is 12.1 Å². The summed E-state index contributed by atoms with van der Waals surface area (Å²) < 4.78 is 7.69. The molecule has 1 aromatic carbocycles. The van der Waals surface area contributed by atoms with Gasteiger partial charge in [0.25, 0.3) is 5.56 Å². The van der Waals surface area contributed by atoms with Gasteiger partial charge >= 0.3 is 11.5 Å². The molecule has 3 aromatic rings. The SMILES string of the molecule is COc1ccc(C(c2c([O-])[nH]c(=O)[nH]c2=O)c2n(O)c(C)c(C)[n+]2CCO)cc1. The number of rotatable bonds is 6. The van der Waals surface area contributed by atoms with Gasteiger partial charge in [0.2, 0.25) is 0 Å². The molecule has 10 heteroatoms. The van der Waals surface area contributed by atoms with E-state index in [0.29, 0.717) is 22.7 Å². The van der Waals surface area contributed by atoms with Crippen LogP contribution >= 0.6 is 0 Å². The number of H-pyrrole nitrogens is 2. The summed E-state index contributed by atoms with van der Waals surface area (Å²) >= 11 is 0. The highest BCUT2D eigenvalue weighted by atomic mass is 16.5. The number of aromatic nitrogens is 4. The van der Waals surface area contributed by atoms with Gasteiger partial charge in [-0.05, 0) is 28.3 Å². The lowest BCUT2D eigenvalue weighted by molar-refractivity contribution is -0.712. The molecule has 4 N–H and O–H groups in total. The molecule has 10 nitrogen and oxygen atoms in total. The first-order valence-electron chi connectivity index (χ1n) is 8.89. The highest BCUT2D eigenvalue weighted by Crippen LogP contribution is 2.32. The standard InChI is InChI=1S/C19H22N4O6/c1-10-11(2)23(28)18(22(10)8-9-24)14(12-4-6-13(29-3)7-5-12)15-16(25)20-19(27)21-17(15)26/h4-7,14,24H,8-9H2,1-3H3,(H3-,20,21,25,26,27,28). The predicted octanol–water partition coefficient (Wildman–Crippen LogP) is -0.739. The second kappa shape index (κ2) is 7.84. The van der Waals surface area contributed by atoms with Crippen LogP contribution in [-0.4, -0.2) is 38.7 Å². The molecule has 0 bridgehead atoms. The Morgan fingerprint density at radius 3 is 2.41 bits per heavy atom. The van der Waals surface area contributed by atoms with Crippen LogP contribution in [0, 0.1) is 13.8 Å². The Bertz CT molecular complexity index is 1140. The van der Waals surface area contributed by atoms with E-state index >= 15 is 0 Å². The Morgan fingerprint density at radius 2 is 1.86 bits per heavy atom. The van der Waals surface area contributed by atoms with Crippen molar-refractivity contribution in [3.63, 3.8) is 0 Å². The topological polar surface area (TPSA) is 147 Å². The van der Waals surface area contributed by atoms with Crippen LogP contribution in [0.4, 0.5) is 0 Å². The fourth-order valence-electron chi connectivity index (χ4n) is 3.45. The van der Waals surface area contributed by atoms with E-state index in [1.165, 1.54) is 7.11 Å². The minimum atomic E-state index is -1.02. The predicted molar refractivity (Wildman–Crippen MR) is 99.4 cm³/mol. The second-order valence-electron chi connectivity index (χ2n) is 6.57. The molecule has 0 spiro atoms. The first-order valence-corrected chi connectivity index (χ1v) is 8.89. The highest BCUT2D eigenvalue weighted by molar-refractivity contribution is 5.42. The van der Waals surface area contributed by atoms with Gasteiger partial charge in [-0.2, -0.15) is 0 Å². The quantitative estimate of drug-likeness (QED) is 0.315. The summed E-state index contributed by atoms with van der Waals surface area (Å²) in [5, 5.41) is 32.9. The molecule has 1 atom stereocenters. The number of methoxy groups -OCH3 is 1. The Hall–Kier alpha value is -3.53. The molecular weight excluding hydrogens is 380 g/mol. The normalized spacial score (nSPS) is 12.1. The van der Waals surface area contributed by atoms with E-state index in [2.05, 4.69) is 9.97 Å².